The minimum absolute atomic E-state index is 0.471. The Bertz CT molecular complexity index is 736. The van der Waals surface area contributed by atoms with Crippen LogP contribution in [0.2, 0.25) is 0 Å². The Kier molecular flexibility index (Phi) is 3.26. The average Bonchev–Trinajstić information content (AvgIpc) is 2.97. The van der Waals surface area contributed by atoms with Crippen molar-refractivity contribution in [2.24, 2.45) is 5.73 Å². The van der Waals surface area contributed by atoms with E-state index in [1.165, 1.54) is 0 Å². The Hall–Kier alpha value is -2.53. The molecule has 0 amide bonds. The zero-order valence-corrected chi connectivity index (χ0v) is 11.1. The van der Waals surface area contributed by atoms with Gasteiger partial charge in [0.1, 0.15) is 5.69 Å². The number of nitrogens with two attached hydrogens (primary N) is 1. The second-order valence-electron chi connectivity index (χ2n) is 4.55. The van der Waals surface area contributed by atoms with Crippen LogP contribution in [-0.2, 0) is 6.54 Å². The van der Waals surface area contributed by atoms with Gasteiger partial charge in [-0.1, -0.05) is 17.3 Å². The first kappa shape index (κ1) is 12.5. The summed E-state index contributed by atoms with van der Waals surface area (Å²) in [6.45, 7) is 2.48. The second kappa shape index (κ2) is 5.22. The molecular formula is C15H14N4O. The summed E-state index contributed by atoms with van der Waals surface area (Å²) < 4.78 is 5.30. The Labute approximate surface area is 116 Å². The molecule has 3 aromatic rings. The van der Waals surface area contributed by atoms with E-state index in [1.54, 1.807) is 6.20 Å². The lowest BCUT2D eigenvalue weighted by molar-refractivity contribution is 0.432. The molecule has 2 heterocycles. The van der Waals surface area contributed by atoms with E-state index in [0.29, 0.717) is 24.0 Å². The Morgan fingerprint density at radius 1 is 1.20 bits per heavy atom. The van der Waals surface area contributed by atoms with Crippen molar-refractivity contribution >= 4 is 0 Å². The molecule has 2 N–H and O–H groups in total. The first-order valence-electron chi connectivity index (χ1n) is 6.32. The van der Waals surface area contributed by atoms with Crippen LogP contribution in [0.5, 0.6) is 0 Å². The normalized spacial score (nSPS) is 10.7. The minimum Gasteiger partial charge on any atom is -0.334 e. The van der Waals surface area contributed by atoms with E-state index in [-0.39, 0.29) is 0 Å². The van der Waals surface area contributed by atoms with E-state index in [4.69, 9.17) is 10.3 Å². The molecular weight excluding hydrogens is 252 g/mol. The second-order valence-corrected chi connectivity index (χ2v) is 4.55. The Morgan fingerprint density at radius 3 is 2.90 bits per heavy atom. The molecule has 5 nitrogen and oxygen atoms in total. The van der Waals surface area contributed by atoms with E-state index >= 15 is 0 Å². The van der Waals surface area contributed by atoms with Gasteiger partial charge in [0.05, 0.1) is 0 Å². The number of nitrogens with zero attached hydrogens (tertiary/aromatic N) is 3. The first-order valence-corrected chi connectivity index (χ1v) is 6.32. The third kappa shape index (κ3) is 2.44. The van der Waals surface area contributed by atoms with Crippen LogP contribution in [0.25, 0.3) is 23.0 Å². The molecule has 0 spiro atoms. The van der Waals surface area contributed by atoms with Gasteiger partial charge in [-0.05, 0) is 42.3 Å². The number of rotatable bonds is 3. The molecule has 0 unspecified atom stereocenters. The highest BCUT2D eigenvalue weighted by molar-refractivity contribution is 5.58. The SMILES string of the molecule is Cc1ccnc(-c2noc(-c3cccc(CN)c3)n2)c1. The first-order chi connectivity index (χ1) is 9.76. The van der Waals surface area contributed by atoms with Gasteiger partial charge in [0.25, 0.3) is 5.89 Å². The lowest BCUT2D eigenvalue weighted by Crippen LogP contribution is -1.95. The molecule has 100 valence electrons. The number of benzene rings is 1. The van der Waals surface area contributed by atoms with Crippen molar-refractivity contribution in [2.45, 2.75) is 13.5 Å². The van der Waals surface area contributed by atoms with Crippen LogP contribution >= 0.6 is 0 Å². The lowest BCUT2D eigenvalue weighted by atomic mass is 10.1. The van der Waals surface area contributed by atoms with Gasteiger partial charge in [-0.15, -0.1) is 0 Å². The highest BCUT2D eigenvalue weighted by Gasteiger charge is 2.11. The maximum absolute atomic E-state index is 5.63. The zero-order chi connectivity index (χ0) is 13.9. The summed E-state index contributed by atoms with van der Waals surface area (Å²) in [4.78, 5) is 8.63. The maximum Gasteiger partial charge on any atom is 0.258 e. The fourth-order valence-electron chi connectivity index (χ4n) is 1.93. The maximum atomic E-state index is 5.63. The number of aromatic nitrogens is 3. The summed E-state index contributed by atoms with van der Waals surface area (Å²) in [6.07, 6.45) is 1.73. The Morgan fingerprint density at radius 2 is 2.10 bits per heavy atom. The molecule has 0 atom stereocenters. The van der Waals surface area contributed by atoms with Crippen molar-refractivity contribution in [3.05, 3.63) is 53.7 Å². The van der Waals surface area contributed by atoms with Crippen LogP contribution in [0.1, 0.15) is 11.1 Å². The van der Waals surface area contributed by atoms with Gasteiger partial charge >= 0.3 is 0 Å². The number of hydrogen-bond donors (Lipinski definition) is 1. The van der Waals surface area contributed by atoms with E-state index < -0.39 is 0 Å². The lowest BCUT2D eigenvalue weighted by Gasteiger charge is -1.98. The molecule has 20 heavy (non-hydrogen) atoms. The van der Waals surface area contributed by atoms with Crippen molar-refractivity contribution in [3.63, 3.8) is 0 Å². The molecule has 0 fully saturated rings. The smallest absolute Gasteiger partial charge is 0.258 e. The van der Waals surface area contributed by atoms with Crippen LogP contribution < -0.4 is 5.73 Å². The van der Waals surface area contributed by atoms with Crippen LogP contribution in [0.15, 0.2) is 47.1 Å². The van der Waals surface area contributed by atoms with Gasteiger partial charge in [0, 0.05) is 18.3 Å². The van der Waals surface area contributed by atoms with Gasteiger partial charge in [-0.3, -0.25) is 4.98 Å². The van der Waals surface area contributed by atoms with Gasteiger partial charge in [-0.25, -0.2) is 0 Å². The molecule has 2 aromatic heterocycles. The van der Waals surface area contributed by atoms with Crippen LogP contribution in [0.4, 0.5) is 0 Å². The van der Waals surface area contributed by atoms with Crippen molar-refractivity contribution < 1.29 is 4.52 Å². The molecule has 5 heteroatoms. The molecule has 0 bridgehead atoms. The Balaban J connectivity index is 1.97. The van der Waals surface area contributed by atoms with E-state index in [2.05, 4.69) is 15.1 Å². The molecule has 1 aromatic carbocycles. The molecule has 0 radical (unpaired) electrons. The summed E-state index contributed by atoms with van der Waals surface area (Å²) in [5, 5.41) is 3.98. The minimum atomic E-state index is 0.471. The van der Waals surface area contributed by atoms with Gasteiger partial charge in [-0.2, -0.15) is 4.98 Å². The number of hydrogen-bond acceptors (Lipinski definition) is 5. The molecule has 3 rings (SSSR count). The van der Waals surface area contributed by atoms with E-state index in [0.717, 1.165) is 16.7 Å². The fraction of sp³-hybridized carbons (Fsp3) is 0.133. The molecule has 0 aliphatic rings. The van der Waals surface area contributed by atoms with Crippen molar-refractivity contribution in [1.29, 1.82) is 0 Å². The average molecular weight is 266 g/mol. The largest absolute Gasteiger partial charge is 0.334 e. The molecule has 0 aliphatic heterocycles. The summed E-state index contributed by atoms with van der Waals surface area (Å²) in [7, 11) is 0. The van der Waals surface area contributed by atoms with Crippen molar-refractivity contribution in [1.82, 2.24) is 15.1 Å². The molecule has 0 saturated heterocycles. The summed E-state index contributed by atoms with van der Waals surface area (Å²) >= 11 is 0. The quantitative estimate of drug-likeness (QED) is 0.788. The van der Waals surface area contributed by atoms with Gasteiger partial charge < -0.3 is 10.3 Å². The third-order valence-electron chi connectivity index (χ3n) is 2.98. The third-order valence-corrected chi connectivity index (χ3v) is 2.98. The topological polar surface area (TPSA) is 77.8 Å². The van der Waals surface area contributed by atoms with Gasteiger partial charge in [0.15, 0.2) is 0 Å². The molecule has 0 saturated carbocycles. The van der Waals surface area contributed by atoms with Crippen molar-refractivity contribution in [3.8, 4) is 23.0 Å². The summed E-state index contributed by atoms with van der Waals surface area (Å²) in [5.41, 5.74) is 9.32. The fourth-order valence-corrected chi connectivity index (χ4v) is 1.93. The summed E-state index contributed by atoms with van der Waals surface area (Å²) in [6, 6.07) is 11.6. The summed E-state index contributed by atoms with van der Waals surface area (Å²) in [5.74, 6) is 0.959. The number of pyridine rings is 1. The predicted molar refractivity (Wildman–Crippen MR) is 75.6 cm³/mol. The van der Waals surface area contributed by atoms with Crippen molar-refractivity contribution in [2.75, 3.05) is 0 Å². The predicted octanol–water partition coefficient (Wildman–Crippen LogP) is 2.57. The van der Waals surface area contributed by atoms with Crippen LogP contribution in [0.3, 0.4) is 0 Å². The van der Waals surface area contributed by atoms with Crippen LogP contribution in [0, 0.1) is 6.92 Å². The zero-order valence-electron chi connectivity index (χ0n) is 11.1. The van der Waals surface area contributed by atoms with E-state index in [1.807, 2.05) is 43.3 Å². The molecule has 0 aliphatic carbocycles. The highest BCUT2D eigenvalue weighted by atomic mass is 16.5. The van der Waals surface area contributed by atoms with Crippen LogP contribution in [-0.4, -0.2) is 15.1 Å². The standard InChI is InChI=1S/C15H14N4O/c1-10-5-6-17-13(7-10)14-18-15(20-19-14)12-4-2-3-11(8-12)9-16/h2-8H,9,16H2,1H3. The van der Waals surface area contributed by atoms with Gasteiger partial charge in [0.2, 0.25) is 5.82 Å². The van der Waals surface area contributed by atoms with E-state index in [9.17, 15) is 0 Å². The highest BCUT2D eigenvalue weighted by Crippen LogP contribution is 2.22. The number of aryl methyl sites for hydroxylation is 1. The monoisotopic (exact) mass is 266 g/mol.